The zero-order valence-electron chi connectivity index (χ0n) is 11.1. The lowest BCUT2D eigenvalue weighted by Gasteiger charge is -2.21. The Kier molecular flexibility index (Phi) is 5.21. The minimum Gasteiger partial charge on any atom is -0.306 e. The third-order valence-corrected chi connectivity index (χ3v) is 3.99. The monoisotopic (exact) mass is 409 g/mol. The van der Waals surface area contributed by atoms with Crippen LogP contribution in [0.25, 0.3) is 0 Å². The summed E-state index contributed by atoms with van der Waals surface area (Å²) in [7, 11) is 0. The quantitative estimate of drug-likeness (QED) is 0.444. The minimum atomic E-state index is -1.51. The summed E-state index contributed by atoms with van der Waals surface area (Å²) in [5, 5.41) is 3.01. The number of halogens is 5. The van der Waals surface area contributed by atoms with Crippen molar-refractivity contribution in [2.45, 2.75) is 13.0 Å². The molecule has 0 saturated carbocycles. The van der Waals surface area contributed by atoms with Gasteiger partial charge in [0, 0.05) is 9.13 Å². The third kappa shape index (κ3) is 3.37. The molecule has 1 N–H and O–H groups in total. The second-order valence-corrected chi connectivity index (χ2v) is 5.58. The molecule has 0 fully saturated rings. The molecule has 2 rings (SSSR count). The fourth-order valence-corrected chi connectivity index (χ4v) is 2.88. The molecule has 1 atom stereocenters. The molecular formula is C15H12F4IN. The van der Waals surface area contributed by atoms with Gasteiger partial charge in [-0.05, 0) is 52.9 Å². The minimum absolute atomic E-state index is 0.0136. The normalized spacial score (nSPS) is 12.5. The van der Waals surface area contributed by atoms with E-state index in [1.807, 2.05) is 22.6 Å². The summed E-state index contributed by atoms with van der Waals surface area (Å²) in [5.74, 6) is -4.39. The highest BCUT2D eigenvalue weighted by molar-refractivity contribution is 14.1. The van der Waals surface area contributed by atoms with Crippen LogP contribution in [0.4, 0.5) is 17.6 Å². The van der Waals surface area contributed by atoms with Crippen LogP contribution in [0.2, 0.25) is 0 Å². The zero-order chi connectivity index (χ0) is 15.6. The van der Waals surface area contributed by atoms with Crippen molar-refractivity contribution < 1.29 is 17.6 Å². The van der Waals surface area contributed by atoms with Gasteiger partial charge in [0.1, 0.15) is 5.82 Å². The van der Waals surface area contributed by atoms with E-state index in [0.29, 0.717) is 15.7 Å². The van der Waals surface area contributed by atoms with Gasteiger partial charge in [0.05, 0.1) is 6.04 Å². The van der Waals surface area contributed by atoms with Crippen molar-refractivity contribution in [1.82, 2.24) is 5.32 Å². The van der Waals surface area contributed by atoms with E-state index in [0.717, 1.165) is 6.07 Å². The van der Waals surface area contributed by atoms with E-state index >= 15 is 0 Å². The van der Waals surface area contributed by atoms with Crippen molar-refractivity contribution >= 4 is 22.6 Å². The van der Waals surface area contributed by atoms with Crippen molar-refractivity contribution in [3.05, 3.63) is 68.3 Å². The largest absolute Gasteiger partial charge is 0.306 e. The molecule has 0 aliphatic carbocycles. The number of hydrogen-bond donors (Lipinski definition) is 1. The van der Waals surface area contributed by atoms with E-state index in [1.54, 1.807) is 6.92 Å². The molecule has 0 bridgehead atoms. The molecule has 1 nitrogen and oxygen atoms in total. The zero-order valence-corrected chi connectivity index (χ0v) is 13.2. The van der Waals surface area contributed by atoms with Crippen molar-refractivity contribution in [1.29, 1.82) is 0 Å². The second kappa shape index (κ2) is 6.74. The lowest BCUT2D eigenvalue weighted by Crippen LogP contribution is -2.24. The number of nitrogens with one attached hydrogen (secondary N) is 1. The van der Waals surface area contributed by atoms with Crippen molar-refractivity contribution in [3.8, 4) is 0 Å². The van der Waals surface area contributed by atoms with Gasteiger partial charge in [0.25, 0.3) is 0 Å². The Balaban J connectivity index is 2.56. The van der Waals surface area contributed by atoms with Gasteiger partial charge < -0.3 is 5.32 Å². The molecule has 6 heteroatoms. The molecular weight excluding hydrogens is 397 g/mol. The van der Waals surface area contributed by atoms with Gasteiger partial charge in [-0.3, -0.25) is 0 Å². The lowest BCUT2D eigenvalue weighted by atomic mass is 9.97. The van der Waals surface area contributed by atoms with Crippen LogP contribution < -0.4 is 5.32 Å². The van der Waals surface area contributed by atoms with Crippen LogP contribution >= 0.6 is 22.6 Å². The predicted molar refractivity (Wildman–Crippen MR) is 81.0 cm³/mol. The van der Waals surface area contributed by atoms with Gasteiger partial charge in [-0.1, -0.05) is 19.1 Å². The molecule has 0 aliphatic heterocycles. The van der Waals surface area contributed by atoms with Crippen molar-refractivity contribution in [3.63, 3.8) is 0 Å². The lowest BCUT2D eigenvalue weighted by molar-refractivity contribution is 0.433. The molecule has 1 unspecified atom stereocenters. The first-order valence-corrected chi connectivity index (χ1v) is 7.35. The Hall–Kier alpha value is -1.15. The van der Waals surface area contributed by atoms with Gasteiger partial charge in [-0.2, -0.15) is 0 Å². The van der Waals surface area contributed by atoms with E-state index in [9.17, 15) is 17.6 Å². The van der Waals surface area contributed by atoms with Crippen LogP contribution in [0, 0.1) is 26.8 Å². The SMILES string of the molecule is CCNC(c1ccc(F)cc1I)c1ccc(F)c(F)c1F. The Morgan fingerprint density at radius 3 is 2.29 bits per heavy atom. The molecule has 0 aliphatic rings. The van der Waals surface area contributed by atoms with Crippen LogP contribution in [0.1, 0.15) is 24.1 Å². The van der Waals surface area contributed by atoms with Gasteiger partial charge in [0.2, 0.25) is 0 Å². The van der Waals surface area contributed by atoms with Crippen LogP contribution in [0.15, 0.2) is 30.3 Å². The Labute approximate surface area is 133 Å². The first-order valence-electron chi connectivity index (χ1n) is 6.27. The number of rotatable bonds is 4. The Morgan fingerprint density at radius 2 is 1.67 bits per heavy atom. The molecule has 112 valence electrons. The van der Waals surface area contributed by atoms with Crippen molar-refractivity contribution in [2.75, 3.05) is 6.54 Å². The van der Waals surface area contributed by atoms with Crippen LogP contribution in [-0.2, 0) is 0 Å². The summed E-state index contributed by atoms with van der Waals surface area (Å²) >= 11 is 1.92. The Bertz CT molecular complexity index is 660. The summed E-state index contributed by atoms with van der Waals surface area (Å²) < 4.78 is 54.2. The average Bonchev–Trinajstić information content (AvgIpc) is 2.44. The fourth-order valence-electron chi connectivity index (χ4n) is 2.09. The summed E-state index contributed by atoms with van der Waals surface area (Å²) in [5.41, 5.74) is 0.587. The summed E-state index contributed by atoms with van der Waals surface area (Å²) in [6, 6.07) is 5.45. The molecule has 0 spiro atoms. The topological polar surface area (TPSA) is 12.0 Å². The first kappa shape index (κ1) is 16.2. The maximum absolute atomic E-state index is 14.0. The van der Waals surface area contributed by atoms with Crippen LogP contribution in [0.5, 0.6) is 0 Å². The van der Waals surface area contributed by atoms with Gasteiger partial charge >= 0.3 is 0 Å². The smallest absolute Gasteiger partial charge is 0.194 e. The maximum atomic E-state index is 14.0. The standard InChI is InChI=1S/C15H12F4IN/c1-2-21-15(9-4-3-8(16)7-12(9)20)10-5-6-11(17)14(19)13(10)18/h3-7,15,21H,2H2,1H3. The van der Waals surface area contributed by atoms with Gasteiger partial charge in [-0.25, -0.2) is 17.6 Å². The van der Waals surface area contributed by atoms with Crippen LogP contribution in [-0.4, -0.2) is 6.54 Å². The van der Waals surface area contributed by atoms with Crippen LogP contribution in [0.3, 0.4) is 0 Å². The maximum Gasteiger partial charge on any atom is 0.194 e. The molecule has 2 aromatic carbocycles. The molecule has 0 heterocycles. The molecule has 0 amide bonds. The molecule has 2 aromatic rings. The van der Waals surface area contributed by atoms with E-state index < -0.39 is 29.3 Å². The predicted octanol–water partition coefficient (Wildman–Crippen LogP) is 4.55. The first-order chi connectivity index (χ1) is 9.95. The highest BCUT2D eigenvalue weighted by atomic mass is 127. The highest BCUT2D eigenvalue weighted by Crippen LogP contribution is 2.30. The van der Waals surface area contributed by atoms with E-state index in [1.165, 1.54) is 24.3 Å². The average molecular weight is 409 g/mol. The van der Waals surface area contributed by atoms with E-state index in [4.69, 9.17) is 0 Å². The Morgan fingerprint density at radius 1 is 1.00 bits per heavy atom. The number of benzene rings is 2. The summed E-state index contributed by atoms with van der Waals surface area (Å²) in [4.78, 5) is 0. The molecule has 21 heavy (non-hydrogen) atoms. The van der Waals surface area contributed by atoms with Crippen molar-refractivity contribution in [2.24, 2.45) is 0 Å². The fraction of sp³-hybridized carbons (Fsp3) is 0.200. The molecule has 0 saturated heterocycles. The second-order valence-electron chi connectivity index (χ2n) is 4.42. The molecule has 0 radical (unpaired) electrons. The van der Waals surface area contributed by atoms with E-state index in [2.05, 4.69) is 5.32 Å². The third-order valence-electron chi connectivity index (χ3n) is 3.06. The van der Waals surface area contributed by atoms with Gasteiger partial charge in [0.15, 0.2) is 17.5 Å². The molecule has 0 aromatic heterocycles. The summed E-state index contributed by atoms with van der Waals surface area (Å²) in [6.45, 7) is 2.29. The van der Waals surface area contributed by atoms with Gasteiger partial charge in [-0.15, -0.1) is 0 Å². The highest BCUT2D eigenvalue weighted by Gasteiger charge is 2.23. The summed E-state index contributed by atoms with van der Waals surface area (Å²) in [6.07, 6.45) is 0. The number of hydrogen-bond acceptors (Lipinski definition) is 1. The van der Waals surface area contributed by atoms with E-state index in [-0.39, 0.29) is 5.56 Å².